The molecule has 0 aliphatic heterocycles. The Labute approximate surface area is 92.9 Å². The summed E-state index contributed by atoms with van der Waals surface area (Å²) < 4.78 is 59.2. The number of hydrogen-bond donors (Lipinski definition) is 2. The van der Waals surface area contributed by atoms with Gasteiger partial charge < -0.3 is 5.11 Å². The van der Waals surface area contributed by atoms with Crippen LogP contribution in [0.2, 0.25) is 0 Å². The maximum absolute atomic E-state index is 12.0. The Morgan fingerprint density at radius 3 is 2.59 bits per heavy atom. The third kappa shape index (κ3) is 3.34. The van der Waals surface area contributed by atoms with Crippen molar-refractivity contribution in [3.8, 4) is 0 Å². The molecule has 0 aliphatic carbocycles. The van der Waals surface area contributed by atoms with E-state index in [1.807, 2.05) is 0 Å². The summed E-state index contributed by atoms with van der Waals surface area (Å²) in [5.41, 5.74) is -5.91. The maximum atomic E-state index is 12.0. The van der Waals surface area contributed by atoms with E-state index in [1.54, 1.807) is 0 Å². The third-order valence-corrected chi connectivity index (χ3v) is 2.60. The number of nitrogens with zero attached hydrogens (tertiary/aromatic N) is 2. The molecular weight excluding hydrogens is 267 g/mol. The molecule has 1 heterocycles. The summed E-state index contributed by atoms with van der Waals surface area (Å²) >= 11 is 0. The summed E-state index contributed by atoms with van der Waals surface area (Å²) in [5.74, 6) is -1.27. The molecule has 0 saturated heterocycles. The van der Waals surface area contributed by atoms with E-state index in [4.69, 9.17) is 5.11 Å². The minimum atomic E-state index is -5.52. The molecule has 0 aliphatic rings. The lowest BCUT2D eigenvalue weighted by Gasteiger charge is -2.08. The Hall–Kier alpha value is -1.78. The fourth-order valence-electron chi connectivity index (χ4n) is 0.854. The number of nitrogens with one attached hydrogen (secondary N) is 1. The van der Waals surface area contributed by atoms with Crippen LogP contribution in [0.5, 0.6) is 0 Å². The second-order valence-corrected chi connectivity index (χ2v) is 4.55. The molecule has 0 radical (unpaired) electrons. The van der Waals surface area contributed by atoms with Gasteiger partial charge in [0.1, 0.15) is 6.54 Å². The molecule has 11 heteroatoms. The normalized spacial score (nSPS) is 12.4. The van der Waals surface area contributed by atoms with Crippen LogP contribution in [0.15, 0.2) is 12.4 Å². The van der Waals surface area contributed by atoms with Gasteiger partial charge in [-0.15, -0.1) is 0 Å². The van der Waals surface area contributed by atoms with E-state index >= 15 is 0 Å². The maximum Gasteiger partial charge on any atom is 0.516 e. The molecule has 0 amide bonds. The van der Waals surface area contributed by atoms with Gasteiger partial charge in [0.05, 0.1) is 11.9 Å². The number of rotatable bonds is 4. The molecule has 0 atom stereocenters. The molecule has 17 heavy (non-hydrogen) atoms. The molecule has 0 aromatic carbocycles. The quantitative estimate of drug-likeness (QED) is 0.817. The van der Waals surface area contributed by atoms with Crippen molar-refractivity contribution in [2.24, 2.45) is 0 Å². The van der Waals surface area contributed by atoms with E-state index in [0.717, 1.165) is 17.1 Å². The van der Waals surface area contributed by atoms with Crippen molar-refractivity contribution >= 4 is 21.7 Å². The van der Waals surface area contributed by atoms with Gasteiger partial charge in [-0.05, 0) is 0 Å². The molecular formula is C6H6F3N3O4S. The van der Waals surface area contributed by atoms with Crippen molar-refractivity contribution in [1.82, 2.24) is 9.78 Å². The predicted molar refractivity (Wildman–Crippen MR) is 48.5 cm³/mol. The number of carboxylic acid groups (broad SMARTS) is 1. The molecule has 0 bridgehead atoms. The van der Waals surface area contributed by atoms with E-state index in [1.165, 1.54) is 4.72 Å². The fraction of sp³-hybridized carbons (Fsp3) is 0.333. The number of sulfonamides is 1. The van der Waals surface area contributed by atoms with Gasteiger partial charge in [-0.3, -0.25) is 14.2 Å². The van der Waals surface area contributed by atoms with Gasteiger partial charge in [0, 0.05) is 6.20 Å². The van der Waals surface area contributed by atoms with Crippen LogP contribution in [0.4, 0.5) is 18.9 Å². The Balaban J connectivity index is 2.84. The van der Waals surface area contributed by atoms with Crippen molar-refractivity contribution in [2.75, 3.05) is 4.72 Å². The van der Waals surface area contributed by atoms with E-state index in [0.29, 0.717) is 0 Å². The van der Waals surface area contributed by atoms with Gasteiger partial charge in [0.15, 0.2) is 0 Å². The SMILES string of the molecule is O=C(O)Cn1cc(NS(=O)(=O)C(F)(F)F)cn1. The number of aromatic nitrogens is 2. The van der Waals surface area contributed by atoms with Gasteiger partial charge in [-0.2, -0.15) is 26.7 Å². The van der Waals surface area contributed by atoms with E-state index in [9.17, 15) is 26.4 Å². The van der Waals surface area contributed by atoms with Gasteiger partial charge in [0.2, 0.25) is 0 Å². The number of alkyl halides is 3. The summed E-state index contributed by atoms with van der Waals surface area (Å²) in [4.78, 5) is 10.2. The van der Waals surface area contributed by atoms with Crippen LogP contribution in [-0.4, -0.2) is 34.8 Å². The highest BCUT2D eigenvalue weighted by molar-refractivity contribution is 7.93. The minimum absolute atomic E-state index is 0.469. The highest BCUT2D eigenvalue weighted by Crippen LogP contribution is 2.24. The van der Waals surface area contributed by atoms with Gasteiger partial charge >= 0.3 is 21.5 Å². The molecule has 1 aromatic heterocycles. The van der Waals surface area contributed by atoms with Crippen molar-refractivity contribution in [3.05, 3.63) is 12.4 Å². The van der Waals surface area contributed by atoms with E-state index in [2.05, 4.69) is 5.10 Å². The minimum Gasteiger partial charge on any atom is -0.480 e. The Kier molecular flexibility index (Phi) is 3.31. The van der Waals surface area contributed by atoms with Crippen LogP contribution in [0.3, 0.4) is 0 Å². The van der Waals surface area contributed by atoms with Crippen LogP contribution < -0.4 is 4.72 Å². The first-order valence-corrected chi connectivity index (χ1v) is 5.43. The van der Waals surface area contributed by atoms with Crippen LogP contribution in [0.25, 0.3) is 0 Å². The van der Waals surface area contributed by atoms with E-state index in [-0.39, 0.29) is 0 Å². The van der Waals surface area contributed by atoms with Crippen molar-refractivity contribution in [2.45, 2.75) is 12.1 Å². The number of anilines is 1. The molecule has 1 rings (SSSR count). The average molecular weight is 273 g/mol. The molecule has 1 aromatic rings. The Morgan fingerprint density at radius 1 is 1.53 bits per heavy atom. The first kappa shape index (κ1) is 13.3. The summed E-state index contributed by atoms with van der Waals surface area (Å²) in [5, 5.41) is 11.7. The molecule has 0 spiro atoms. The summed E-state index contributed by atoms with van der Waals surface area (Å²) in [6.07, 6.45) is 1.60. The monoisotopic (exact) mass is 273 g/mol. The lowest BCUT2D eigenvalue weighted by atomic mass is 10.6. The van der Waals surface area contributed by atoms with Gasteiger partial charge in [-0.1, -0.05) is 0 Å². The highest BCUT2D eigenvalue weighted by Gasteiger charge is 2.46. The van der Waals surface area contributed by atoms with Gasteiger partial charge in [-0.25, -0.2) is 0 Å². The fourth-order valence-corrected chi connectivity index (χ4v) is 1.39. The Bertz CT molecular complexity index is 521. The topological polar surface area (TPSA) is 101 Å². The average Bonchev–Trinajstić information content (AvgIpc) is 2.48. The van der Waals surface area contributed by atoms with Crippen LogP contribution in [0.1, 0.15) is 0 Å². The smallest absolute Gasteiger partial charge is 0.480 e. The molecule has 0 unspecified atom stereocenters. The molecule has 0 fully saturated rings. The lowest BCUT2D eigenvalue weighted by molar-refractivity contribution is -0.137. The molecule has 2 N–H and O–H groups in total. The van der Waals surface area contributed by atoms with Crippen molar-refractivity contribution < 1.29 is 31.5 Å². The number of aliphatic carboxylic acids is 1. The number of carboxylic acids is 1. The van der Waals surface area contributed by atoms with Gasteiger partial charge in [0.25, 0.3) is 0 Å². The lowest BCUT2D eigenvalue weighted by Crippen LogP contribution is -2.29. The van der Waals surface area contributed by atoms with Crippen LogP contribution >= 0.6 is 0 Å². The second-order valence-electron chi connectivity index (χ2n) is 2.87. The van der Waals surface area contributed by atoms with Crippen molar-refractivity contribution in [3.63, 3.8) is 0 Å². The number of halogens is 3. The predicted octanol–water partition coefficient (Wildman–Crippen LogP) is 0.229. The zero-order valence-electron chi connectivity index (χ0n) is 7.97. The summed E-state index contributed by atoms with van der Waals surface area (Å²) in [7, 11) is -5.52. The second kappa shape index (κ2) is 4.24. The molecule has 96 valence electrons. The zero-order chi connectivity index (χ0) is 13.3. The zero-order valence-corrected chi connectivity index (χ0v) is 8.79. The number of hydrogen-bond acceptors (Lipinski definition) is 4. The van der Waals surface area contributed by atoms with Crippen LogP contribution in [-0.2, 0) is 21.4 Å². The third-order valence-electron chi connectivity index (χ3n) is 1.49. The standard InChI is InChI=1S/C6H6F3N3O4S/c7-6(8,9)17(15,16)11-4-1-10-12(2-4)3-5(13)14/h1-2,11H,3H2,(H,13,14). The largest absolute Gasteiger partial charge is 0.516 e. The first-order chi connectivity index (χ1) is 7.62. The van der Waals surface area contributed by atoms with Crippen LogP contribution in [0, 0.1) is 0 Å². The summed E-state index contributed by atoms with van der Waals surface area (Å²) in [6.45, 7) is -0.590. The van der Waals surface area contributed by atoms with Crippen molar-refractivity contribution in [1.29, 1.82) is 0 Å². The highest BCUT2D eigenvalue weighted by atomic mass is 32.2. The molecule has 7 nitrogen and oxygen atoms in total. The molecule has 0 saturated carbocycles. The number of carbonyl (C=O) groups is 1. The first-order valence-electron chi connectivity index (χ1n) is 3.95. The van der Waals surface area contributed by atoms with E-state index < -0.39 is 33.7 Å². The Morgan fingerprint density at radius 2 is 2.12 bits per heavy atom. The summed E-state index contributed by atoms with van der Waals surface area (Å²) in [6, 6.07) is 0.